The van der Waals surface area contributed by atoms with Gasteiger partial charge < -0.3 is 44.1 Å². The van der Waals surface area contributed by atoms with Gasteiger partial charge in [0.25, 0.3) is 0 Å². The first kappa shape index (κ1) is 23.1. The third-order valence-corrected chi connectivity index (χ3v) is 5.55. The maximum absolute atomic E-state index is 9.16. The van der Waals surface area contributed by atoms with E-state index < -0.39 is 27.2 Å². The van der Waals surface area contributed by atoms with Crippen molar-refractivity contribution in [3.05, 3.63) is 47.5 Å². The van der Waals surface area contributed by atoms with Gasteiger partial charge in [0.1, 0.15) is 0 Å². The molecule has 4 atom stereocenters. The molecule has 1 aliphatic rings. The van der Waals surface area contributed by atoms with Gasteiger partial charge in [-0.1, -0.05) is 26.0 Å². The molecule has 0 spiro atoms. The molecular formula is C22H28O9. The van der Waals surface area contributed by atoms with Crippen LogP contribution in [0.2, 0.25) is 0 Å². The van der Waals surface area contributed by atoms with Crippen LogP contribution in [-0.2, 0) is 4.74 Å². The molecule has 9 nitrogen and oxygen atoms in total. The van der Waals surface area contributed by atoms with E-state index in [1.807, 2.05) is 12.1 Å². The topological polar surface area (TPSA) is 127 Å². The van der Waals surface area contributed by atoms with Crippen molar-refractivity contribution in [2.45, 2.75) is 26.1 Å². The van der Waals surface area contributed by atoms with Gasteiger partial charge in [0.2, 0.25) is 0 Å². The van der Waals surface area contributed by atoms with E-state index in [0.29, 0.717) is 23.0 Å². The molecule has 9 heteroatoms. The van der Waals surface area contributed by atoms with Gasteiger partial charge in [-0.2, -0.15) is 0 Å². The predicted molar refractivity (Wildman–Crippen MR) is 109 cm³/mol. The van der Waals surface area contributed by atoms with E-state index in [0.717, 1.165) is 11.1 Å². The third-order valence-electron chi connectivity index (χ3n) is 5.55. The highest BCUT2D eigenvalue weighted by Crippen LogP contribution is 2.50. The minimum absolute atomic E-state index is 0.146. The SMILES string of the molecule is CC1C(c2ccc(OCO)c(OCO)c2)OC(c2ccc(OCO)c(OCO)c2)C1C. The van der Waals surface area contributed by atoms with Crippen molar-refractivity contribution < 1.29 is 44.1 Å². The van der Waals surface area contributed by atoms with Gasteiger partial charge in [-0.05, 0) is 47.2 Å². The van der Waals surface area contributed by atoms with Crippen LogP contribution in [0.25, 0.3) is 0 Å². The highest BCUT2D eigenvalue weighted by Gasteiger charge is 2.41. The molecule has 0 bridgehead atoms. The molecule has 0 aromatic heterocycles. The Hall–Kier alpha value is -2.56. The van der Waals surface area contributed by atoms with Crippen molar-refractivity contribution in [3.63, 3.8) is 0 Å². The summed E-state index contributed by atoms with van der Waals surface area (Å²) in [5.74, 6) is 1.55. The van der Waals surface area contributed by atoms with Crippen LogP contribution >= 0.6 is 0 Å². The summed E-state index contributed by atoms with van der Waals surface area (Å²) in [7, 11) is 0. The fourth-order valence-electron chi connectivity index (χ4n) is 3.87. The fourth-order valence-corrected chi connectivity index (χ4v) is 3.87. The first-order valence-corrected chi connectivity index (χ1v) is 9.92. The lowest BCUT2D eigenvalue weighted by atomic mass is 9.85. The maximum atomic E-state index is 9.16. The Morgan fingerprint density at radius 1 is 0.613 bits per heavy atom. The summed E-state index contributed by atoms with van der Waals surface area (Å²) < 4.78 is 27.1. The van der Waals surface area contributed by atoms with E-state index in [-0.39, 0.29) is 24.0 Å². The number of rotatable bonds is 10. The molecule has 0 radical (unpaired) electrons. The number of aliphatic hydroxyl groups excluding tert-OH is 4. The summed E-state index contributed by atoms with van der Waals surface area (Å²) in [6.45, 7) is 2.11. The molecule has 0 amide bonds. The molecule has 2 aromatic rings. The number of hydrogen-bond donors (Lipinski definition) is 4. The van der Waals surface area contributed by atoms with Crippen LogP contribution in [0.1, 0.15) is 37.2 Å². The van der Waals surface area contributed by atoms with Crippen molar-refractivity contribution in [3.8, 4) is 23.0 Å². The van der Waals surface area contributed by atoms with Gasteiger partial charge in [0.05, 0.1) is 12.2 Å². The molecule has 2 aromatic carbocycles. The minimum atomic E-state index is -0.527. The van der Waals surface area contributed by atoms with Gasteiger partial charge >= 0.3 is 0 Å². The van der Waals surface area contributed by atoms with Crippen LogP contribution in [0, 0.1) is 11.8 Å². The molecular weight excluding hydrogens is 408 g/mol. The Morgan fingerprint density at radius 2 is 0.968 bits per heavy atom. The second-order valence-electron chi connectivity index (χ2n) is 7.20. The molecule has 1 fully saturated rings. The molecule has 31 heavy (non-hydrogen) atoms. The largest absolute Gasteiger partial charge is 0.464 e. The first-order chi connectivity index (χ1) is 15.0. The number of hydrogen-bond acceptors (Lipinski definition) is 9. The summed E-state index contributed by atoms with van der Waals surface area (Å²) in [5.41, 5.74) is 1.70. The first-order valence-electron chi connectivity index (χ1n) is 9.92. The molecule has 1 heterocycles. The fraction of sp³-hybridized carbons (Fsp3) is 0.455. The van der Waals surface area contributed by atoms with Crippen LogP contribution in [0.4, 0.5) is 0 Å². The lowest BCUT2D eigenvalue weighted by molar-refractivity contribution is 0.0278. The van der Waals surface area contributed by atoms with E-state index in [2.05, 4.69) is 13.8 Å². The zero-order valence-electron chi connectivity index (χ0n) is 17.4. The van der Waals surface area contributed by atoms with E-state index in [1.54, 1.807) is 24.3 Å². The van der Waals surface area contributed by atoms with Crippen molar-refractivity contribution in [2.75, 3.05) is 27.2 Å². The number of aliphatic hydroxyl groups is 4. The zero-order valence-corrected chi connectivity index (χ0v) is 17.4. The maximum Gasteiger partial charge on any atom is 0.186 e. The molecule has 1 saturated heterocycles. The lowest BCUT2D eigenvalue weighted by Crippen LogP contribution is -2.10. The monoisotopic (exact) mass is 436 g/mol. The van der Waals surface area contributed by atoms with Crippen LogP contribution < -0.4 is 18.9 Å². The summed E-state index contributed by atoms with van der Waals surface area (Å²) in [6.07, 6.45) is -0.500. The Morgan fingerprint density at radius 3 is 1.32 bits per heavy atom. The standard InChI is InChI=1S/C22H28O9/c1-13-14(2)22(16-4-6-18(28-10-24)20(8-16)30-12-26)31-21(13)15-3-5-17(27-9-23)19(7-15)29-11-25/h3-8,13-14,21-26H,9-12H2,1-2H3. The quantitative estimate of drug-likeness (QED) is 0.414. The number of ether oxygens (including phenoxy) is 5. The van der Waals surface area contributed by atoms with Crippen molar-refractivity contribution in [1.29, 1.82) is 0 Å². The molecule has 0 aliphatic carbocycles. The third kappa shape index (κ3) is 5.03. The summed E-state index contributed by atoms with van der Waals surface area (Å²) in [6, 6.07) is 10.5. The van der Waals surface area contributed by atoms with Crippen LogP contribution in [-0.4, -0.2) is 47.6 Å². The van der Waals surface area contributed by atoms with E-state index in [4.69, 9.17) is 44.1 Å². The van der Waals surface area contributed by atoms with E-state index in [9.17, 15) is 0 Å². The minimum Gasteiger partial charge on any atom is -0.464 e. The van der Waals surface area contributed by atoms with Gasteiger partial charge in [0, 0.05) is 0 Å². The lowest BCUT2D eigenvalue weighted by Gasteiger charge is -2.19. The summed E-state index contributed by atoms with van der Waals surface area (Å²) >= 11 is 0. The molecule has 4 unspecified atom stereocenters. The summed E-state index contributed by atoms with van der Waals surface area (Å²) in [4.78, 5) is 0. The smallest absolute Gasteiger partial charge is 0.186 e. The second-order valence-corrected chi connectivity index (χ2v) is 7.20. The molecule has 170 valence electrons. The Bertz CT molecular complexity index is 787. The molecule has 3 rings (SSSR count). The number of benzene rings is 2. The van der Waals surface area contributed by atoms with Crippen molar-refractivity contribution in [1.82, 2.24) is 0 Å². The van der Waals surface area contributed by atoms with Gasteiger partial charge in [0.15, 0.2) is 50.2 Å². The average Bonchev–Trinajstić information content (AvgIpc) is 3.06. The van der Waals surface area contributed by atoms with Crippen LogP contribution in [0.15, 0.2) is 36.4 Å². The van der Waals surface area contributed by atoms with E-state index >= 15 is 0 Å². The zero-order chi connectivity index (χ0) is 22.4. The summed E-state index contributed by atoms with van der Waals surface area (Å²) in [5, 5.41) is 36.4. The van der Waals surface area contributed by atoms with Crippen molar-refractivity contribution >= 4 is 0 Å². The predicted octanol–water partition coefficient (Wildman–Crippen LogP) is 2.09. The van der Waals surface area contributed by atoms with Crippen molar-refractivity contribution in [2.24, 2.45) is 11.8 Å². The highest BCUT2D eigenvalue weighted by molar-refractivity contribution is 5.45. The van der Waals surface area contributed by atoms with Gasteiger partial charge in [-0.3, -0.25) is 0 Å². The average molecular weight is 436 g/mol. The second kappa shape index (κ2) is 10.7. The Balaban J connectivity index is 1.88. The highest BCUT2D eigenvalue weighted by atomic mass is 16.6. The molecule has 4 N–H and O–H groups in total. The molecule has 1 aliphatic heterocycles. The van der Waals surface area contributed by atoms with Crippen LogP contribution in [0.5, 0.6) is 23.0 Å². The Kier molecular flexibility index (Phi) is 7.94. The Labute approximate surface area is 180 Å². The van der Waals surface area contributed by atoms with E-state index in [1.165, 1.54) is 0 Å². The van der Waals surface area contributed by atoms with Gasteiger partial charge in [-0.15, -0.1) is 0 Å². The molecule has 0 saturated carbocycles. The van der Waals surface area contributed by atoms with Crippen LogP contribution in [0.3, 0.4) is 0 Å². The normalized spacial score (nSPS) is 22.9. The van der Waals surface area contributed by atoms with Gasteiger partial charge in [-0.25, -0.2) is 0 Å².